The van der Waals surface area contributed by atoms with E-state index in [1.807, 2.05) is 23.5 Å². The first-order chi connectivity index (χ1) is 11.3. The van der Waals surface area contributed by atoms with Gasteiger partial charge in [-0.05, 0) is 24.0 Å². The highest BCUT2D eigenvalue weighted by Crippen LogP contribution is 2.38. The van der Waals surface area contributed by atoms with E-state index in [9.17, 15) is 22.8 Å². The predicted molar refractivity (Wildman–Crippen MR) is 79.6 cm³/mol. The number of halogens is 3. The first kappa shape index (κ1) is 16.6. The van der Waals surface area contributed by atoms with Crippen molar-refractivity contribution in [1.29, 1.82) is 0 Å². The van der Waals surface area contributed by atoms with Crippen LogP contribution in [-0.4, -0.2) is 43.8 Å². The first-order valence-corrected chi connectivity index (χ1v) is 7.64. The SMILES string of the molecule is COC(=O)[C@@H]1Cc2cccc3c2N1C[C@@H](NC(=O)C(F)(F)F)CC3. The van der Waals surface area contributed by atoms with Crippen LogP contribution in [0.3, 0.4) is 0 Å². The number of rotatable bonds is 2. The number of anilines is 1. The zero-order valence-electron chi connectivity index (χ0n) is 13.0. The molecule has 0 aliphatic carbocycles. The van der Waals surface area contributed by atoms with E-state index in [4.69, 9.17) is 4.74 Å². The number of esters is 1. The summed E-state index contributed by atoms with van der Waals surface area (Å²) >= 11 is 0. The third-order valence-corrected chi connectivity index (χ3v) is 4.53. The number of methoxy groups -OCH3 is 1. The second-order valence-corrected chi connectivity index (χ2v) is 6.03. The van der Waals surface area contributed by atoms with Gasteiger partial charge in [-0.3, -0.25) is 4.79 Å². The molecule has 0 radical (unpaired) electrons. The van der Waals surface area contributed by atoms with Gasteiger partial charge in [0.05, 0.1) is 7.11 Å². The van der Waals surface area contributed by atoms with Crippen molar-refractivity contribution in [3.05, 3.63) is 29.3 Å². The highest BCUT2D eigenvalue weighted by molar-refractivity contribution is 5.85. The molecule has 5 nitrogen and oxygen atoms in total. The van der Waals surface area contributed by atoms with Crippen LogP contribution in [0.2, 0.25) is 0 Å². The van der Waals surface area contributed by atoms with Crippen molar-refractivity contribution in [2.75, 3.05) is 18.6 Å². The zero-order chi connectivity index (χ0) is 17.5. The number of nitrogens with one attached hydrogen (secondary N) is 1. The molecule has 2 atom stereocenters. The molecule has 2 aliphatic heterocycles. The Labute approximate surface area is 136 Å². The number of benzene rings is 1. The fourth-order valence-corrected chi connectivity index (χ4v) is 3.46. The number of carbonyl (C=O) groups excluding carboxylic acids is 2. The Morgan fingerprint density at radius 2 is 2.00 bits per heavy atom. The molecule has 0 bridgehead atoms. The third-order valence-electron chi connectivity index (χ3n) is 4.53. The van der Waals surface area contributed by atoms with Gasteiger partial charge >= 0.3 is 18.1 Å². The molecule has 0 aromatic heterocycles. The molecule has 8 heteroatoms. The van der Waals surface area contributed by atoms with Crippen LogP contribution in [0.15, 0.2) is 18.2 Å². The average molecular weight is 342 g/mol. The van der Waals surface area contributed by atoms with Crippen molar-refractivity contribution in [2.45, 2.75) is 37.5 Å². The number of para-hydroxylation sites is 1. The van der Waals surface area contributed by atoms with Crippen LogP contribution in [0.25, 0.3) is 0 Å². The summed E-state index contributed by atoms with van der Waals surface area (Å²) in [5.74, 6) is -2.38. The Hall–Kier alpha value is -2.25. The van der Waals surface area contributed by atoms with Crippen molar-refractivity contribution in [2.24, 2.45) is 0 Å². The molecule has 2 aliphatic rings. The number of ether oxygens (including phenoxy) is 1. The molecule has 3 rings (SSSR count). The van der Waals surface area contributed by atoms with E-state index in [1.165, 1.54) is 7.11 Å². The number of aryl methyl sites for hydroxylation is 1. The van der Waals surface area contributed by atoms with Crippen LogP contribution >= 0.6 is 0 Å². The molecule has 0 fully saturated rings. The Bertz CT molecular complexity index is 675. The average Bonchev–Trinajstić information content (AvgIpc) is 2.79. The first-order valence-electron chi connectivity index (χ1n) is 7.64. The van der Waals surface area contributed by atoms with Crippen LogP contribution in [0.1, 0.15) is 17.5 Å². The summed E-state index contributed by atoms with van der Waals surface area (Å²) in [6.07, 6.45) is -3.55. The standard InChI is InChI=1S/C16H17F3N2O3/c1-24-14(22)12-7-10-4-2-3-9-5-6-11(8-21(12)13(9)10)20-15(23)16(17,18)19/h2-4,11-12H,5-8H2,1H3,(H,20,23)/t11-,12-/m0/s1. The number of alkyl halides is 3. The van der Waals surface area contributed by atoms with Crippen LogP contribution < -0.4 is 10.2 Å². The quantitative estimate of drug-likeness (QED) is 0.829. The molecular formula is C16H17F3N2O3. The molecule has 1 aromatic carbocycles. The summed E-state index contributed by atoms with van der Waals surface area (Å²) in [6, 6.07) is 4.42. The summed E-state index contributed by atoms with van der Waals surface area (Å²) < 4.78 is 42.4. The van der Waals surface area contributed by atoms with E-state index in [0.29, 0.717) is 19.3 Å². The van der Waals surface area contributed by atoms with Crippen molar-refractivity contribution >= 4 is 17.6 Å². The maximum absolute atomic E-state index is 12.5. The van der Waals surface area contributed by atoms with Gasteiger partial charge in [0.2, 0.25) is 0 Å². The van der Waals surface area contributed by atoms with Gasteiger partial charge in [0.15, 0.2) is 0 Å². The zero-order valence-corrected chi connectivity index (χ0v) is 13.0. The summed E-state index contributed by atoms with van der Waals surface area (Å²) in [5, 5.41) is 2.04. The Morgan fingerprint density at radius 3 is 2.67 bits per heavy atom. The molecule has 2 heterocycles. The van der Waals surface area contributed by atoms with E-state index < -0.39 is 30.1 Å². The molecule has 0 saturated heterocycles. The van der Waals surface area contributed by atoms with Gasteiger partial charge in [-0.15, -0.1) is 0 Å². The van der Waals surface area contributed by atoms with Crippen LogP contribution in [0, 0.1) is 0 Å². The van der Waals surface area contributed by atoms with Gasteiger partial charge < -0.3 is 15.0 Å². The highest BCUT2D eigenvalue weighted by Gasteiger charge is 2.43. The van der Waals surface area contributed by atoms with Gasteiger partial charge in [0.1, 0.15) is 6.04 Å². The highest BCUT2D eigenvalue weighted by atomic mass is 19.4. The molecule has 24 heavy (non-hydrogen) atoms. The molecule has 0 saturated carbocycles. The molecule has 1 aromatic rings. The van der Waals surface area contributed by atoms with E-state index in [0.717, 1.165) is 16.8 Å². The number of hydrogen-bond donors (Lipinski definition) is 1. The van der Waals surface area contributed by atoms with Gasteiger partial charge in [-0.2, -0.15) is 13.2 Å². The van der Waals surface area contributed by atoms with E-state index in [1.54, 1.807) is 4.90 Å². The second-order valence-electron chi connectivity index (χ2n) is 6.03. The van der Waals surface area contributed by atoms with Crippen LogP contribution in [-0.2, 0) is 27.2 Å². The number of hydrogen-bond acceptors (Lipinski definition) is 4. The van der Waals surface area contributed by atoms with Gasteiger partial charge in [0, 0.05) is 24.7 Å². The lowest BCUT2D eigenvalue weighted by Gasteiger charge is -2.29. The largest absolute Gasteiger partial charge is 0.471 e. The lowest BCUT2D eigenvalue weighted by Crippen LogP contribution is -2.50. The Kier molecular flexibility index (Phi) is 4.15. The van der Waals surface area contributed by atoms with Gasteiger partial charge in [-0.1, -0.05) is 18.2 Å². The van der Waals surface area contributed by atoms with Gasteiger partial charge in [0.25, 0.3) is 0 Å². The molecule has 1 amide bonds. The van der Waals surface area contributed by atoms with Crippen LogP contribution in [0.4, 0.5) is 18.9 Å². The van der Waals surface area contributed by atoms with Crippen LogP contribution in [0.5, 0.6) is 0 Å². The minimum atomic E-state index is -4.92. The summed E-state index contributed by atoms with van der Waals surface area (Å²) in [7, 11) is 1.28. The smallest absolute Gasteiger partial charge is 0.467 e. The topological polar surface area (TPSA) is 58.6 Å². The summed E-state index contributed by atoms with van der Waals surface area (Å²) in [4.78, 5) is 25.1. The monoisotopic (exact) mass is 342 g/mol. The molecule has 0 spiro atoms. The van der Waals surface area contributed by atoms with Crippen molar-refractivity contribution in [3.63, 3.8) is 0 Å². The number of carbonyl (C=O) groups is 2. The molecule has 1 N–H and O–H groups in total. The minimum absolute atomic E-state index is 0.144. The summed E-state index contributed by atoms with van der Waals surface area (Å²) in [6.45, 7) is 0.144. The van der Waals surface area contributed by atoms with Crippen molar-refractivity contribution < 1.29 is 27.5 Å². The lowest BCUT2D eigenvalue weighted by atomic mass is 10.0. The fraction of sp³-hybridized carbons (Fsp3) is 0.500. The minimum Gasteiger partial charge on any atom is -0.467 e. The third kappa shape index (κ3) is 2.92. The predicted octanol–water partition coefficient (Wildman–Crippen LogP) is 1.58. The fourth-order valence-electron chi connectivity index (χ4n) is 3.46. The van der Waals surface area contributed by atoms with Crippen molar-refractivity contribution in [1.82, 2.24) is 5.32 Å². The van der Waals surface area contributed by atoms with E-state index >= 15 is 0 Å². The summed E-state index contributed by atoms with van der Waals surface area (Å²) in [5.41, 5.74) is 2.84. The molecule has 130 valence electrons. The second kappa shape index (κ2) is 5.99. The molecular weight excluding hydrogens is 325 g/mol. The Balaban J connectivity index is 1.88. The number of nitrogens with zero attached hydrogens (tertiary/aromatic N) is 1. The molecule has 0 unspecified atom stereocenters. The van der Waals surface area contributed by atoms with Gasteiger partial charge in [-0.25, -0.2) is 4.79 Å². The van der Waals surface area contributed by atoms with E-state index in [-0.39, 0.29) is 6.54 Å². The maximum atomic E-state index is 12.5. The van der Waals surface area contributed by atoms with Crippen molar-refractivity contribution in [3.8, 4) is 0 Å². The number of amides is 1. The normalized spacial score (nSPS) is 22.6. The Morgan fingerprint density at radius 1 is 1.29 bits per heavy atom. The maximum Gasteiger partial charge on any atom is 0.471 e. The lowest BCUT2D eigenvalue weighted by molar-refractivity contribution is -0.174. The van der Waals surface area contributed by atoms with E-state index in [2.05, 4.69) is 0 Å².